The second-order valence-corrected chi connectivity index (χ2v) is 5.97. The van der Waals surface area contributed by atoms with Crippen LogP contribution >= 0.6 is 23.4 Å². The first kappa shape index (κ1) is 15.0. The quantitative estimate of drug-likeness (QED) is 0.695. The number of anilines is 1. The lowest BCUT2D eigenvalue weighted by Crippen LogP contribution is -2.02. The molecule has 0 aliphatic heterocycles. The lowest BCUT2D eigenvalue weighted by Gasteiger charge is -2.13. The van der Waals surface area contributed by atoms with Crippen molar-refractivity contribution in [2.75, 3.05) is 11.1 Å². The highest BCUT2D eigenvalue weighted by atomic mass is 35.5. The summed E-state index contributed by atoms with van der Waals surface area (Å²) in [7, 11) is 0. The van der Waals surface area contributed by atoms with Gasteiger partial charge < -0.3 is 5.32 Å². The van der Waals surface area contributed by atoms with Crippen molar-refractivity contribution >= 4 is 29.1 Å². The van der Waals surface area contributed by atoms with Crippen molar-refractivity contribution in [3.05, 3.63) is 71.4 Å². The van der Waals surface area contributed by atoms with E-state index in [1.54, 1.807) is 11.8 Å². The third-order valence-corrected chi connectivity index (χ3v) is 4.23. The van der Waals surface area contributed by atoms with Gasteiger partial charge in [-0.1, -0.05) is 49.4 Å². The number of nitrogens with one attached hydrogen (secondary N) is 1. The van der Waals surface area contributed by atoms with E-state index in [-0.39, 0.29) is 0 Å². The van der Waals surface area contributed by atoms with Gasteiger partial charge in [-0.05, 0) is 36.2 Å². The lowest BCUT2D eigenvalue weighted by molar-refractivity contribution is 1.14. The SMILES string of the molecule is C=C(CSc1cccc(Cl)c1)Nc1ccccc1CC. The normalized spacial score (nSPS) is 10.3. The molecule has 2 rings (SSSR count). The van der Waals surface area contributed by atoms with E-state index in [2.05, 4.69) is 43.1 Å². The summed E-state index contributed by atoms with van der Waals surface area (Å²) in [6.45, 7) is 6.25. The van der Waals surface area contributed by atoms with Crippen LogP contribution in [0.15, 0.2) is 65.7 Å². The van der Waals surface area contributed by atoms with Gasteiger partial charge in [-0.15, -0.1) is 11.8 Å². The number of aryl methyl sites for hydroxylation is 1. The van der Waals surface area contributed by atoms with Crippen molar-refractivity contribution in [2.24, 2.45) is 0 Å². The maximum absolute atomic E-state index is 5.98. The molecule has 0 saturated carbocycles. The molecule has 0 aliphatic rings. The van der Waals surface area contributed by atoms with E-state index >= 15 is 0 Å². The van der Waals surface area contributed by atoms with E-state index < -0.39 is 0 Å². The van der Waals surface area contributed by atoms with E-state index in [0.717, 1.165) is 33.5 Å². The van der Waals surface area contributed by atoms with Crippen LogP contribution in [0.4, 0.5) is 5.69 Å². The standard InChI is InChI=1S/C17H18ClNS/c1-3-14-7-4-5-10-17(14)19-13(2)12-20-16-9-6-8-15(18)11-16/h4-11,19H,2-3,12H2,1H3. The van der Waals surface area contributed by atoms with Crippen molar-refractivity contribution in [1.29, 1.82) is 0 Å². The van der Waals surface area contributed by atoms with Gasteiger partial charge in [0.15, 0.2) is 0 Å². The lowest BCUT2D eigenvalue weighted by atomic mass is 10.1. The predicted molar refractivity (Wildman–Crippen MR) is 90.8 cm³/mol. The molecule has 0 bridgehead atoms. The minimum atomic E-state index is 0.768. The molecule has 0 spiro atoms. The number of thioether (sulfide) groups is 1. The molecule has 0 fully saturated rings. The molecular weight excluding hydrogens is 286 g/mol. The molecule has 0 heterocycles. The highest BCUT2D eigenvalue weighted by Crippen LogP contribution is 2.24. The van der Waals surface area contributed by atoms with Gasteiger partial charge in [0.05, 0.1) is 0 Å². The average Bonchev–Trinajstić information content (AvgIpc) is 2.46. The summed E-state index contributed by atoms with van der Waals surface area (Å²) >= 11 is 7.71. The van der Waals surface area contributed by atoms with Crippen molar-refractivity contribution in [2.45, 2.75) is 18.2 Å². The topological polar surface area (TPSA) is 12.0 Å². The predicted octanol–water partition coefficient (Wildman–Crippen LogP) is 5.62. The first-order valence-corrected chi connectivity index (χ1v) is 7.96. The van der Waals surface area contributed by atoms with Gasteiger partial charge in [0.2, 0.25) is 0 Å². The molecular formula is C17H18ClNS. The summed E-state index contributed by atoms with van der Waals surface area (Å²) in [5.41, 5.74) is 3.45. The zero-order valence-electron chi connectivity index (χ0n) is 11.5. The molecule has 0 aromatic heterocycles. The van der Waals surface area contributed by atoms with Gasteiger partial charge in [0.25, 0.3) is 0 Å². The van der Waals surface area contributed by atoms with Gasteiger partial charge >= 0.3 is 0 Å². The monoisotopic (exact) mass is 303 g/mol. The van der Waals surface area contributed by atoms with Crippen LogP contribution in [0.25, 0.3) is 0 Å². The molecule has 2 aromatic rings. The Balaban J connectivity index is 1.93. The summed E-state index contributed by atoms with van der Waals surface area (Å²) in [6, 6.07) is 16.2. The molecule has 0 atom stereocenters. The fourth-order valence-electron chi connectivity index (χ4n) is 1.90. The molecule has 104 valence electrons. The van der Waals surface area contributed by atoms with Crippen LogP contribution in [0.3, 0.4) is 0 Å². The molecule has 0 unspecified atom stereocenters. The van der Waals surface area contributed by atoms with Gasteiger partial charge in [0.1, 0.15) is 0 Å². The van der Waals surface area contributed by atoms with E-state index in [9.17, 15) is 0 Å². The van der Waals surface area contributed by atoms with E-state index in [0.29, 0.717) is 0 Å². The molecule has 0 aliphatic carbocycles. The minimum absolute atomic E-state index is 0.768. The van der Waals surface area contributed by atoms with Gasteiger partial charge in [-0.2, -0.15) is 0 Å². The Bertz CT molecular complexity index is 595. The third kappa shape index (κ3) is 4.32. The molecule has 1 nitrogen and oxygen atoms in total. The Hall–Kier alpha value is -1.38. The van der Waals surface area contributed by atoms with Crippen molar-refractivity contribution in [3.8, 4) is 0 Å². The summed E-state index contributed by atoms with van der Waals surface area (Å²) in [5.74, 6) is 0.818. The first-order chi connectivity index (χ1) is 9.69. The Morgan fingerprint density at radius 3 is 2.75 bits per heavy atom. The van der Waals surface area contributed by atoms with Crippen molar-refractivity contribution in [1.82, 2.24) is 0 Å². The second-order valence-electron chi connectivity index (χ2n) is 4.49. The van der Waals surface area contributed by atoms with Crippen molar-refractivity contribution < 1.29 is 0 Å². The number of para-hydroxylation sites is 1. The van der Waals surface area contributed by atoms with Gasteiger partial charge in [0, 0.05) is 27.1 Å². The fraction of sp³-hybridized carbons (Fsp3) is 0.176. The Morgan fingerprint density at radius 2 is 2.00 bits per heavy atom. The summed E-state index contributed by atoms with van der Waals surface area (Å²) < 4.78 is 0. The van der Waals surface area contributed by atoms with Gasteiger partial charge in [-0.25, -0.2) is 0 Å². The number of hydrogen-bond acceptors (Lipinski definition) is 2. The van der Waals surface area contributed by atoms with Crippen molar-refractivity contribution in [3.63, 3.8) is 0 Å². The molecule has 3 heteroatoms. The molecule has 0 radical (unpaired) electrons. The third-order valence-electron chi connectivity index (χ3n) is 2.92. The fourth-order valence-corrected chi connectivity index (χ4v) is 2.96. The molecule has 0 amide bonds. The zero-order valence-corrected chi connectivity index (χ0v) is 13.1. The summed E-state index contributed by atoms with van der Waals surface area (Å²) in [4.78, 5) is 1.16. The van der Waals surface area contributed by atoms with Crippen LogP contribution in [-0.2, 0) is 6.42 Å². The highest BCUT2D eigenvalue weighted by molar-refractivity contribution is 7.99. The molecule has 20 heavy (non-hydrogen) atoms. The van der Waals surface area contributed by atoms with Crippen LogP contribution in [0.1, 0.15) is 12.5 Å². The average molecular weight is 304 g/mol. The number of rotatable bonds is 6. The van der Waals surface area contributed by atoms with Crippen LogP contribution in [-0.4, -0.2) is 5.75 Å². The first-order valence-electron chi connectivity index (χ1n) is 6.60. The maximum atomic E-state index is 5.98. The maximum Gasteiger partial charge on any atom is 0.0417 e. The highest BCUT2D eigenvalue weighted by Gasteiger charge is 2.02. The Kier molecular flexibility index (Phi) is 5.57. The van der Waals surface area contributed by atoms with Crippen LogP contribution in [0, 0.1) is 0 Å². The Morgan fingerprint density at radius 1 is 1.20 bits per heavy atom. The summed E-state index contributed by atoms with van der Waals surface area (Å²) in [5, 5.41) is 4.17. The van der Waals surface area contributed by atoms with E-state index in [1.165, 1.54) is 5.56 Å². The summed E-state index contributed by atoms with van der Waals surface area (Å²) in [6.07, 6.45) is 1.01. The van der Waals surface area contributed by atoms with Gasteiger partial charge in [-0.3, -0.25) is 0 Å². The van der Waals surface area contributed by atoms with Crippen LogP contribution in [0.5, 0.6) is 0 Å². The van der Waals surface area contributed by atoms with E-state index in [4.69, 9.17) is 11.6 Å². The Labute approximate surface area is 130 Å². The van der Waals surface area contributed by atoms with Crippen LogP contribution < -0.4 is 5.32 Å². The molecule has 2 aromatic carbocycles. The number of hydrogen-bond donors (Lipinski definition) is 1. The van der Waals surface area contributed by atoms with Crippen LogP contribution in [0.2, 0.25) is 5.02 Å². The number of halogens is 1. The number of benzene rings is 2. The zero-order chi connectivity index (χ0) is 14.4. The smallest absolute Gasteiger partial charge is 0.0417 e. The molecule has 0 saturated heterocycles. The minimum Gasteiger partial charge on any atom is -0.358 e. The molecule has 1 N–H and O–H groups in total. The largest absolute Gasteiger partial charge is 0.358 e. The van der Waals surface area contributed by atoms with E-state index in [1.807, 2.05) is 24.3 Å². The second kappa shape index (κ2) is 7.41.